The molecule has 0 saturated heterocycles. The molecule has 0 aliphatic heterocycles. The van der Waals surface area contributed by atoms with E-state index in [1.165, 1.54) is 36.9 Å². The smallest absolute Gasteiger partial charge is 0.355 e. The lowest BCUT2D eigenvalue weighted by molar-refractivity contribution is 0.0582. The number of esters is 1. The van der Waals surface area contributed by atoms with E-state index in [-0.39, 0.29) is 17.4 Å². The molecule has 0 aliphatic carbocycles. The first-order valence-electron chi connectivity index (χ1n) is 5.63. The lowest BCUT2D eigenvalue weighted by atomic mass is 10.1. The van der Waals surface area contributed by atoms with Gasteiger partial charge in [-0.1, -0.05) is 0 Å². The van der Waals surface area contributed by atoms with Crippen LogP contribution in [-0.4, -0.2) is 29.3 Å². The van der Waals surface area contributed by atoms with Gasteiger partial charge in [-0.2, -0.15) is 0 Å². The van der Waals surface area contributed by atoms with Gasteiger partial charge in [-0.3, -0.25) is 14.2 Å². The first-order chi connectivity index (χ1) is 8.88. The quantitative estimate of drug-likeness (QED) is 0.626. The highest BCUT2D eigenvalue weighted by molar-refractivity contribution is 7.19. The largest absolute Gasteiger partial charge is 0.464 e. The van der Waals surface area contributed by atoms with Crippen LogP contribution in [0, 0.1) is 6.92 Å². The third kappa shape index (κ3) is 1.98. The summed E-state index contributed by atoms with van der Waals surface area (Å²) in [7, 11) is 1.25. The van der Waals surface area contributed by atoms with E-state index in [1.54, 1.807) is 6.07 Å². The topological polar surface area (TPSA) is 65.4 Å². The number of rotatable bonds is 2. The zero-order valence-corrected chi connectivity index (χ0v) is 11.9. The monoisotopic (exact) mass is 279 g/mol. The Bertz CT molecular complexity index is 708. The summed E-state index contributed by atoms with van der Waals surface area (Å²) in [4.78, 5) is 36.1. The maximum Gasteiger partial charge on any atom is 0.355 e. The molecule has 2 rings (SSSR count). The molecule has 6 heteroatoms. The molecule has 0 aliphatic rings. The summed E-state index contributed by atoms with van der Waals surface area (Å²) in [5, 5.41) is 0. The molecule has 0 fully saturated rings. The van der Waals surface area contributed by atoms with Crippen LogP contribution in [0.1, 0.15) is 44.4 Å². The summed E-state index contributed by atoms with van der Waals surface area (Å²) in [6, 6.07) is 1.59. The fraction of sp³-hybridized carbons (Fsp3) is 0.308. The molecule has 0 saturated carbocycles. The third-order valence-corrected chi connectivity index (χ3v) is 3.92. The summed E-state index contributed by atoms with van der Waals surface area (Å²) >= 11 is 1.39. The van der Waals surface area contributed by atoms with Crippen molar-refractivity contribution in [3.8, 4) is 0 Å². The van der Waals surface area contributed by atoms with Crippen molar-refractivity contribution in [1.82, 2.24) is 4.57 Å². The Morgan fingerprint density at radius 1 is 1.26 bits per heavy atom. The molecule has 2 aromatic heterocycles. The Morgan fingerprint density at radius 2 is 1.89 bits per heavy atom. The van der Waals surface area contributed by atoms with Crippen molar-refractivity contribution < 1.29 is 19.1 Å². The number of carbonyl (C=O) groups excluding carboxylic acids is 3. The number of methoxy groups -OCH3 is 1. The van der Waals surface area contributed by atoms with Gasteiger partial charge in [-0.25, -0.2) is 4.79 Å². The Kier molecular flexibility index (Phi) is 3.28. The van der Waals surface area contributed by atoms with E-state index in [2.05, 4.69) is 4.74 Å². The number of aryl methyl sites for hydroxylation is 1. The number of fused-ring (bicyclic) bond motifs is 1. The normalized spacial score (nSPS) is 10.7. The minimum absolute atomic E-state index is 0.124. The second kappa shape index (κ2) is 4.62. The molecule has 0 aromatic carbocycles. The number of thiophene rings is 1. The van der Waals surface area contributed by atoms with Gasteiger partial charge >= 0.3 is 5.97 Å². The van der Waals surface area contributed by atoms with Crippen molar-refractivity contribution in [3.05, 3.63) is 22.2 Å². The number of hydrogen-bond acceptors (Lipinski definition) is 5. The fourth-order valence-electron chi connectivity index (χ4n) is 2.18. The van der Waals surface area contributed by atoms with Crippen LogP contribution < -0.4 is 0 Å². The van der Waals surface area contributed by atoms with Gasteiger partial charge in [0.15, 0.2) is 5.78 Å². The summed E-state index contributed by atoms with van der Waals surface area (Å²) < 4.78 is 6.65. The number of aromatic nitrogens is 1. The van der Waals surface area contributed by atoms with Crippen molar-refractivity contribution in [2.75, 3.05) is 7.11 Å². The van der Waals surface area contributed by atoms with E-state index in [0.717, 1.165) is 9.58 Å². The Morgan fingerprint density at radius 3 is 2.37 bits per heavy atom. The van der Waals surface area contributed by atoms with Crippen LogP contribution in [0.15, 0.2) is 6.07 Å². The number of carbonyl (C=O) groups is 3. The van der Waals surface area contributed by atoms with Crippen LogP contribution in [0.4, 0.5) is 0 Å². The lowest BCUT2D eigenvalue weighted by Gasteiger charge is -2.05. The van der Waals surface area contributed by atoms with E-state index in [4.69, 9.17) is 0 Å². The molecule has 0 bridgehead atoms. The van der Waals surface area contributed by atoms with Crippen LogP contribution in [0.3, 0.4) is 0 Å². The molecular formula is C13H13NO4S. The SMILES string of the molecule is COC(=O)c1cc2sc(C)c(C(C)=O)c2n1C(C)=O. The summed E-state index contributed by atoms with van der Waals surface area (Å²) in [5.74, 6) is -1.04. The molecule has 2 heterocycles. The van der Waals surface area contributed by atoms with Crippen molar-refractivity contribution in [2.45, 2.75) is 20.8 Å². The van der Waals surface area contributed by atoms with Crippen LogP contribution in [0.5, 0.6) is 0 Å². The van der Waals surface area contributed by atoms with Crippen molar-refractivity contribution in [1.29, 1.82) is 0 Å². The zero-order valence-electron chi connectivity index (χ0n) is 11.1. The average molecular weight is 279 g/mol. The predicted molar refractivity (Wildman–Crippen MR) is 72.2 cm³/mol. The first-order valence-corrected chi connectivity index (χ1v) is 6.45. The van der Waals surface area contributed by atoms with E-state index in [1.807, 2.05) is 6.92 Å². The molecule has 2 aromatic rings. The van der Waals surface area contributed by atoms with Gasteiger partial charge in [0.05, 0.1) is 22.9 Å². The van der Waals surface area contributed by atoms with Gasteiger partial charge in [-0.05, 0) is 19.9 Å². The van der Waals surface area contributed by atoms with Crippen molar-refractivity contribution in [2.24, 2.45) is 0 Å². The molecule has 0 radical (unpaired) electrons. The summed E-state index contributed by atoms with van der Waals surface area (Å²) in [5.41, 5.74) is 1.15. The van der Waals surface area contributed by atoms with E-state index in [9.17, 15) is 14.4 Å². The fourth-order valence-corrected chi connectivity index (χ4v) is 3.31. The molecule has 5 nitrogen and oxygen atoms in total. The van der Waals surface area contributed by atoms with Crippen LogP contribution in [-0.2, 0) is 4.74 Å². The number of ketones is 1. The molecule has 0 atom stereocenters. The molecule has 100 valence electrons. The lowest BCUT2D eigenvalue weighted by Crippen LogP contribution is -2.16. The Balaban J connectivity index is 2.90. The molecule has 0 unspecified atom stereocenters. The van der Waals surface area contributed by atoms with Gasteiger partial charge < -0.3 is 4.74 Å². The van der Waals surface area contributed by atoms with Gasteiger partial charge in [0.25, 0.3) is 0 Å². The molecule has 0 spiro atoms. The van der Waals surface area contributed by atoms with Crippen molar-refractivity contribution >= 4 is 39.2 Å². The highest BCUT2D eigenvalue weighted by Crippen LogP contribution is 2.34. The van der Waals surface area contributed by atoms with E-state index in [0.29, 0.717) is 11.1 Å². The first kappa shape index (κ1) is 13.5. The Labute approximate surface area is 113 Å². The Hall–Kier alpha value is -1.95. The van der Waals surface area contributed by atoms with Gasteiger partial charge in [0, 0.05) is 11.8 Å². The highest BCUT2D eigenvalue weighted by Gasteiger charge is 2.25. The van der Waals surface area contributed by atoms with Gasteiger partial charge in [0.1, 0.15) is 5.69 Å². The van der Waals surface area contributed by atoms with E-state index < -0.39 is 5.97 Å². The minimum Gasteiger partial charge on any atom is -0.464 e. The number of ether oxygens (including phenoxy) is 1. The van der Waals surface area contributed by atoms with Crippen LogP contribution >= 0.6 is 11.3 Å². The van der Waals surface area contributed by atoms with E-state index >= 15 is 0 Å². The average Bonchev–Trinajstić information content (AvgIpc) is 2.81. The van der Waals surface area contributed by atoms with Gasteiger partial charge in [-0.15, -0.1) is 11.3 Å². The zero-order chi connectivity index (χ0) is 14.3. The standard InChI is InChI=1S/C13H13NO4S/c1-6(15)11-7(2)19-10-5-9(13(17)18-4)14(8(3)16)12(10)11/h5H,1-4H3. The second-order valence-electron chi connectivity index (χ2n) is 4.18. The third-order valence-electron chi connectivity index (χ3n) is 2.88. The maximum absolute atomic E-state index is 11.8. The maximum atomic E-state index is 11.8. The minimum atomic E-state index is -0.592. The second-order valence-corrected chi connectivity index (χ2v) is 5.43. The molecule has 19 heavy (non-hydrogen) atoms. The molecule has 0 amide bonds. The van der Waals surface area contributed by atoms with Crippen LogP contribution in [0.25, 0.3) is 10.2 Å². The number of hydrogen-bond donors (Lipinski definition) is 0. The number of Topliss-reactive ketones (excluding diaryl/α,β-unsaturated/α-hetero) is 1. The van der Waals surface area contributed by atoms with Crippen molar-refractivity contribution in [3.63, 3.8) is 0 Å². The van der Waals surface area contributed by atoms with Crippen LogP contribution in [0.2, 0.25) is 0 Å². The molecule has 0 N–H and O–H groups in total. The van der Waals surface area contributed by atoms with Gasteiger partial charge in [0.2, 0.25) is 5.91 Å². The molecular weight excluding hydrogens is 266 g/mol. The summed E-state index contributed by atoms with van der Waals surface area (Å²) in [6.07, 6.45) is 0. The highest BCUT2D eigenvalue weighted by atomic mass is 32.1. The predicted octanol–water partition coefficient (Wildman–Crippen LogP) is 2.66. The number of nitrogens with zero attached hydrogens (tertiary/aromatic N) is 1. The summed E-state index contributed by atoms with van der Waals surface area (Å²) in [6.45, 7) is 4.62.